The summed E-state index contributed by atoms with van der Waals surface area (Å²) in [5, 5.41) is 6.13. The second-order valence-electron chi connectivity index (χ2n) is 5.23. The van der Waals surface area contributed by atoms with Crippen molar-refractivity contribution in [2.24, 2.45) is 0 Å². The fourth-order valence-corrected chi connectivity index (χ4v) is 1.88. The molecule has 1 aromatic rings. The van der Waals surface area contributed by atoms with Crippen LogP contribution < -0.4 is 10.6 Å². The van der Waals surface area contributed by atoms with Crippen LogP contribution in [0.3, 0.4) is 0 Å². The topological polar surface area (TPSA) is 53.6 Å². The molecule has 2 N–H and O–H groups in total. The first kappa shape index (κ1) is 17.5. The van der Waals surface area contributed by atoms with E-state index in [-0.39, 0.29) is 5.91 Å². The minimum Gasteiger partial charge on any atom is -0.385 e. The molecule has 118 valence electrons. The monoisotopic (exact) mass is 293 g/mol. The number of amides is 1. The zero-order valence-corrected chi connectivity index (χ0v) is 13.5. The summed E-state index contributed by atoms with van der Waals surface area (Å²) in [5.41, 5.74) is 2.83. The van der Waals surface area contributed by atoms with E-state index in [1.807, 2.05) is 39.2 Å². The molecule has 0 bridgehead atoms. The van der Waals surface area contributed by atoms with Crippen LogP contribution in [0.25, 0.3) is 0 Å². The fraction of sp³-hybridized carbons (Fsp3) is 0.562. The Morgan fingerprint density at radius 3 is 2.67 bits per heavy atom. The maximum absolute atomic E-state index is 12.0. The number of hydrogen-bond donors (Lipinski definition) is 2. The Morgan fingerprint density at radius 2 is 2.05 bits per heavy atom. The van der Waals surface area contributed by atoms with Crippen molar-refractivity contribution in [1.82, 2.24) is 10.2 Å². The van der Waals surface area contributed by atoms with Crippen molar-refractivity contribution < 1.29 is 9.53 Å². The standard InChI is InChI=1S/C16H27N3O2/c1-5-17-15-7-6-14(12-13(15)2)16(20)18-8-10-21-11-9-19(3)4/h6-7,12,17H,5,8-11H2,1-4H3,(H,18,20). The van der Waals surface area contributed by atoms with Gasteiger partial charge in [0, 0.05) is 30.9 Å². The molecule has 0 unspecified atom stereocenters. The van der Waals surface area contributed by atoms with Crippen molar-refractivity contribution in [3.63, 3.8) is 0 Å². The van der Waals surface area contributed by atoms with E-state index in [9.17, 15) is 4.79 Å². The van der Waals surface area contributed by atoms with Crippen molar-refractivity contribution in [2.45, 2.75) is 13.8 Å². The van der Waals surface area contributed by atoms with Crippen molar-refractivity contribution >= 4 is 11.6 Å². The number of carbonyl (C=O) groups is 1. The van der Waals surface area contributed by atoms with E-state index in [0.717, 1.165) is 24.3 Å². The molecule has 5 heteroatoms. The normalized spacial score (nSPS) is 10.7. The highest BCUT2D eigenvalue weighted by Crippen LogP contribution is 2.16. The predicted molar refractivity (Wildman–Crippen MR) is 87.0 cm³/mol. The minimum absolute atomic E-state index is 0.0580. The molecular formula is C16H27N3O2. The molecule has 0 aliphatic heterocycles. The number of hydrogen-bond acceptors (Lipinski definition) is 4. The second-order valence-corrected chi connectivity index (χ2v) is 5.23. The smallest absolute Gasteiger partial charge is 0.251 e. The lowest BCUT2D eigenvalue weighted by Crippen LogP contribution is -2.28. The molecule has 0 aliphatic rings. The first-order valence-electron chi connectivity index (χ1n) is 7.39. The van der Waals surface area contributed by atoms with Gasteiger partial charge in [0.2, 0.25) is 0 Å². The Labute approximate surface area is 127 Å². The van der Waals surface area contributed by atoms with Gasteiger partial charge in [-0.1, -0.05) is 0 Å². The minimum atomic E-state index is -0.0580. The van der Waals surface area contributed by atoms with Gasteiger partial charge in [-0.3, -0.25) is 4.79 Å². The molecule has 0 saturated heterocycles. The van der Waals surface area contributed by atoms with Gasteiger partial charge in [-0.15, -0.1) is 0 Å². The SMILES string of the molecule is CCNc1ccc(C(=O)NCCOCCN(C)C)cc1C. The molecule has 0 fully saturated rings. The highest BCUT2D eigenvalue weighted by Gasteiger charge is 2.06. The summed E-state index contributed by atoms with van der Waals surface area (Å²) in [7, 11) is 4.01. The second kappa shape index (κ2) is 9.37. The van der Waals surface area contributed by atoms with Gasteiger partial charge in [-0.05, 0) is 51.7 Å². The Bertz CT molecular complexity index is 447. The first-order chi connectivity index (χ1) is 10.0. The molecule has 0 aliphatic carbocycles. The number of ether oxygens (including phenoxy) is 1. The first-order valence-corrected chi connectivity index (χ1v) is 7.39. The Balaban J connectivity index is 2.33. The van der Waals surface area contributed by atoms with Crippen LogP contribution in [0.5, 0.6) is 0 Å². The molecule has 1 amide bonds. The average Bonchev–Trinajstić information content (AvgIpc) is 2.44. The van der Waals surface area contributed by atoms with E-state index in [4.69, 9.17) is 4.74 Å². The zero-order chi connectivity index (χ0) is 15.7. The van der Waals surface area contributed by atoms with Gasteiger partial charge in [-0.2, -0.15) is 0 Å². The summed E-state index contributed by atoms with van der Waals surface area (Å²) < 4.78 is 5.44. The van der Waals surface area contributed by atoms with Crippen LogP contribution in [-0.2, 0) is 4.74 Å². The van der Waals surface area contributed by atoms with Gasteiger partial charge >= 0.3 is 0 Å². The Morgan fingerprint density at radius 1 is 1.29 bits per heavy atom. The number of nitrogens with zero attached hydrogens (tertiary/aromatic N) is 1. The fourth-order valence-electron chi connectivity index (χ4n) is 1.88. The van der Waals surface area contributed by atoms with Crippen LogP contribution in [0.15, 0.2) is 18.2 Å². The summed E-state index contributed by atoms with van der Waals surface area (Å²) in [6.45, 7) is 7.55. The van der Waals surface area contributed by atoms with Crippen LogP contribution in [0, 0.1) is 6.92 Å². The van der Waals surface area contributed by atoms with Gasteiger partial charge in [-0.25, -0.2) is 0 Å². The third-order valence-electron chi connectivity index (χ3n) is 3.07. The Hall–Kier alpha value is -1.59. The van der Waals surface area contributed by atoms with Crippen LogP contribution in [0.2, 0.25) is 0 Å². The van der Waals surface area contributed by atoms with Gasteiger partial charge in [0.05, 0.1) is 13.2 Å². The number of likely N-dealkylation sites (N-methyl/N-ethyl adjacent to an activating group) is 1. The molecule has 0 heterocycles. The van der Waals surface area contributed by atoms with E-state index in [1.165, 1.54) is 0 Å². The number of benzene rings is 1. The van der Waals surface area contributed by atoms with Gasteiger partial charge in [0.25, 0.3) is 5.91 Å². The summed E-state index contributed by atoms with van der Waals surface area (Å²) in [4.78, 5) is 14.1. The summed E-state index contributed by atoms with van der Waals surface area (Å²) in [6.07, 6.45) is 0. The molecule has 5 nitrogen and oxygen atoms in total. The number of aryl methyl sites for hydroxylation is 1. The van der Waals surface area contributed by atoms with Crippen LogP contribution in [0.4, 0.5) is 5.69 Å². The van der Waals surface area contributed by atoms with E-state index in [0.29, 0.717) is 25.3 Å². The third kappa shape index (κ3) is 6.60. The average molecular weight is 293 g/mol. The van der Waals surface area contributed by atoms with Crippen LogP contribution in [-0.4, -0.2) is 57.8 Å². The van der Waals surface area contributed by atoms with E-state index < -0.39 is 0 Å². The lowest BCUT2D eigenvalue weighted by atomic mass is 10.1. The number of anilines is 1. The van der Waals surface area contributed by atoms with Gasteiger partial charge in [0.1, 0.15) is 0 Å². The van der Waals surface area contributed by atoms with Crippen molar-refractivity contribution in [3.05, 3.63) is 29.3 Å². The lowest BCUT2D eigenvalue weighted by molar-refractivity contribution is 0.0900. The largest absolute Gasteiger partial charge is 0.385 e. The summed E-state index contributed by atoms with van der Waals surface area (Å²) in [6, 6.07) is 5.69. The molecule has 0 saturated carbocycles. The number of carbonyl (C=O) groups excluding carboxylic acids is 1. The van der Waals surface area contributed by atoms with Gasteiger partial charge < -0.3 is 20.3 Å². The van der Waals surface area contributed by atoms with Crippen LogP contribution >= 0.6 is 0 Å². The van der Waals surface area contributed by atoms with Crippen molar-refractivity contribution in [3.8, 4) is 0 Å². The van der Waals surface area contributed by atoms with E-state index in [1.54, 1.807) is 0 Å². The predicted octanol–water partition coefficient (Wildman–Crippen LogP) is 1.73. The molecule has 1 rings (SSSR count). The highest BCUT2D eigenvalue weighted by atomic mass is 16.5. The molecular weight excluding hydrogens is 266 g/mol. The molecule has 0 radical (unpaired) electrons. The molecule has 0 atom stereocenters. The Kier molecular flexibility index (Phi) is 7.79. The number of nitrogens with one attached hydrogen (secondary N) is 2. The maximum Gasteiger partial charge on any atom is 0.251 e. The van der Waals surface area contributed by atoms with Crippen molar-refractivity contribution in [1.29, 1.82) is 0 Å². The van der Waals surface area contributed by atoms with Gasteiger partial charge in [0.15, 0.2) is 0 Å². The zero-order valence-electron chi connectivity index (χ0n) is 13.5. The molecule has 0 spiro atoms. The molecule has 21 heavy (non-hydrogen) atoms. The summed E-state index contributed by atoms with van der Waals surface area (Å²) >= 11 is 0. The summed E-state index contributed by atoms with van der Waals surface area (Å²) in [5.74, 6) is -0.0580. The number of rotatable bonds is 9. The molecule has 0 aromatic heterocycles. The van der Waals surface area contributed by atoms with Crippen molar-refractivity contribution in [2.75, 3.05) is 52.3 Å². The third-order valence-corrected chi connectivity index (χ3v) is 3.07. The van der Waals surface area contributed by atoms with Crippen LogP contribution in [0.1, 0.15) is 22.8 Å². The van der Waals surface area contributed by atoms with E-state index in [2.05, 4.69) is 22.5 Å². The quantitative estimate of drug-likeness (QED) is 0.681. The lowest BCUT2D eigenvalue weighted by Gasteiger charge is -2.11. The highest BCUT2D eigenvalue weighted by molar-refractivity contribution is 5.94. The maximum atomic E-state index is 12.0. The molecule has 1 aromatic carbocycles. The van der Waals surface area contributed by atoms with E-state index >= 15 is 0 Å².